The number of rotatable bonds is 8. The quantitative estimate of drug-likeness (QED) is 0.226. The smallest absolute Gasteiger partial charge is 0.282 e. The number of anilines is 1. The summed E-state index contributed by atoms with van der Waals surface area (Å²) in [4.78, 5) is 30.4. The van der Waals surface area contributed by atoms with Gasteiger partial charge < -0.3 is 10.1 Å². The first kappa shape index (κ1) is 26.7. The molecule has 0 spiro atoms. The molecule has 1 amide bonds. The van der Waals surface area contributed by atoms with Gasteiger partial charge in [0.1, 0.15) is 17.4 Å². The van der Waals surface area contributed by atoms with Gasteiger partial charge in [0.05, 0.1) is 22.8 Å². The second kappa shape index (κ2) is 11.8. The van der Waals surface area contributed by atoms with Gasteiger partial charge in [-0.2, -0.15) is 9.78 Å². The Morgan fingerprint density at radius 2 is 1.89 bits per heavy atom. The number of para-hydroxylation sites is 1. The molecule has 4 aromatic rings. The van der Waals surface area contributed by atoms with Gasteiger partial charge in [-0.15, -0.1) is 0 Å². The first-order valence-electron chi connectivity index (χ1n) is 11.5. The summed E-state index contributed by atoms with van der Waals surface area (Å²) < 4.78 is 22.4. The average Bonchev–Trinajstić information content (AvgIpc) is 2.88. The lowest BCUT2D eigenvalue weighted by Crippen LogP contribution is -2.24. The summed E-state index contributed by atoms with van der Waals surface area (Å²) >= 11 is 6.84. The lowest BCUT2D eigenvalue weighted by molar-refractivity contribution is -0.118. The number of hydrogen-bond acceptors (Lipinski definition) is 5. The molecule has 37 heavy (non-hydrogen) atoms. The number of carbonyl (C=O) groups is 1. The zero-order valence-electron chi connectivity index (χ0n) is 20.0. The summed E-state index contributed by atoms with van der Waals surface area (Å²) in [7, 11) is 0. The highest BCUT2D eigenvalue weighted by atomic mass is 79.9. The Kier molecular flexibility index (Phi) is 8.50. The number of hydrogen-bond donors (Lipinski definition) is 1. The molecule has 0 aliphatic carbocycles. The number of ether oxygens (including phenoxy) is 1. The van der Waals surface area contributed by atoms with E-state index in [1.807, 2.05) is 19.9 Å². The van der Waals surface area contributed by atoms with Gasteiger partial charge in [-0.25, -0.2) is 9.37 Å². The summed E-state index contributed by atoms with van der Waals surface area (Å²) in [6, 6.07) is 16.4. The molecular weight excluding hydrogens is 607 g/mol. The van der Waals surface area contributed by atoms with E-state index < -0.39 is 11.7 Å². The van der Waals surface area contributed by atoms with Crippen molar-refractivity contribution in [3.8, 4) is 5.75 Å². The van der Waals surface area contributed by atoms with Crippen molar-refractivity contribution >= 4 is 60.6 Å². The Hall–Kier alpha value is -3.37. The van der Waals surface area contributed by atoms with Gasteiger partial charge in [0.25, 0.3) is 11.5 Å². The van der Waals surface area contributed by atoms with Crippen molar-refractivity contribution < 1.29 is 13.9 Å². The zero-order valence-corrected chi connectivity index (χ0v) is 23.2. The van der Waals surface area contributed by atoms with Crippen LogP contribution in [0.1, 0.15) is 37.6 Å². The molecule has 0 radical (unpaired) electrons. The van der Waals surface area contributed by atoms with E-state index in [1.54, 1.807) is 36.4 Å². The fraction of sp³-hybridized carbons (Fsp3) is 0.185. The molecule has 1 N–H and O–H groups in total. The third-order valence-electron chi connectivity index (χ3n) is 5.68. The number of aromatic nitrogens is 2. The van der Waals surface area contributed by atoms with Crippen LogP contribution >= 0.6 is 31.9 Å². The molecule has 0 aliphatic rings. The highest BCUT2D eigenvalue weighted by molar-refractivity contribution is 9.10. The van der Waals surface area contributed by atoms with Crippen LogP contribution in [0.15, 0.2) is 79.5 Å². The fourth-order valence-electron chi connectivity index (χ4n) is 3.54. The Labute approximate surface area is 229 Å². The summed E-state index contributed by atoms with van der Waals surface area (Å²) in [5.41, 5.74) is 0.910. The maximum absolute atomic E-state index is 13.8. The summed E-state index contributed by atoms with van der Waals surface area (Å²) in [5.74, 6) is -0.162. The molecule has 0 fully saturated rings. The van der Waals surface area contributed by atoms with Crippen molar-refractivity contribution in [2.75, 3.05) is 11.9 Å². The summed E-state index contributed by atoms with van der Waals surface area (Å²) in [6.07, 6.45) is 2.26. The van der Waals surface area contributed by atoms with E-state index in [2.05, 4.69) is 42.3 Å². The third kappa shape index (κ3) is 6.31. The van der Waals surface area contributed by atoms with Gasteiger partial charge in [-0.1, -0.05) is 57.8 Å². The first-order chi connectivity index (χ1) is 17.8. The molecule has 3 aromatic carbocycles. The SMILES string of the molecule is CC[C@@H](C)c1nc2ccc(Br)cc2c(=O)n1N=Cc1cc(Br)ccc1OCC(=O)Nc1ccccc1F. The van der Waals surface area contributed by atoms with Crippen molar-refractivity contribution in [2.24, 2.45) is 5.10 Å². The number of nitrogens with one attached hydrogen (secondary N) is 1. The molecule has 1 aromatic heterocycles. The topological polar surface area (TPSA) is 85.6 Å². The molecule has 0 unspecified atom stereocenters. The second-order valence-electron chi connectivity index (χ2n) is 8.30. The first-order valence-corrected chi connectivity index (χ1v) is 13.1. The van der Waals surface area contributed by atoms with Crippen LogP contribution in [0.2, 0.25) is 0 Å². The van der Waals surface area contributed by atoms with Crippen LogP contribution < -0.4 is 15.6 Å². The molecule has 0 aliphatic heterocycles. The van der Waals surface area contributed by atoms with Crippen molar-refractivity contribution in [1.29, 1.82) is 0 Å². The minimum Gasteiger partial charge on any atom is -0.483 e. The van der Waals surface area contributed by atoms with Gasteiger partial charge in [-0.05, 0) is 55.0 Å². The van der Waals surface area contributed by atoms with E-state index in [-0.39, 0.29) is 23.8 Å². The largest absolute Gasteiger partial charge is 0.483 e. The summed E-state index contributed by atoms with van der Waals surface area (Å²) in [6.45, 7) is 3.66. The molecule has 10 heteroatoms. The maximum atomic E-state index is 13.8. The summed E-state index contributed by atoms with van der Waals surface area (Å²) in [5, 5.41) is 7.41. The van der Waals surface area contributed by atoms with Crippen LogP contribution in [0.5, 0.6) is 5.75 Å². The van der Waals surface area contributed by atoms with Crippen molar-refractivity contribution in [2.45, 2.75) is 26.2 Å². The molecule has 1 atom stereocenters. The van der Waals surface area contributed by atoms with E-state index in [0.29, 0.717) is 28.0 Å². The number of halogens is 3. The third-order valence-corrected chi connectivity index (χ3v) is 6.66. The van der Waals surface area contributed by atoms with Gasteiger partial charge in [-0.3, -0.25) is 9.59 Å². The Bertz CT molecular complexity index is 1550. The van der Waals surface area contributed by atoms with Crippen LogP contribution in [0, 0.1) is 5.82 Å². The highest BCUT2D eigenvalue weighted by Crippen LogP contribution is 2.24. The second-order valence-corrected chi connectivity index (χ2v) is 10.1. The van der Waals surface area contributed by atoms with Gasteiger partial charge >= 0.3 is 0 Å². The maximum Gasteiger partial charge on any atom is 0.282 e. The Morgan fingerprint density at radius 1 is 1.16 bits per heavy atom. The number of benzene rings is 3. The molecular formula is C27H23Br2FN4O3. The van der Waals surface area contributed by atoms with Crippen molar-refractivity contribution in [3.05, 3.63) is 97.2 Å². The molecule has 1 heterocycles. The minimum atomic E-state index is -0.536. The minimum absolute atomic E-state index is 0.0156. The van der Waals surface area contributed by atoms with Gasteiger partial charge in [0.2, 0.25) is 0 Å². The van der Waals surface area contributed by atoms with Crippen molar-refractivity contribution in [3.63, 3.8) is 0 Å². The molecule has 7 nitrogen and oxygen atoms in total. The average molecular weight is 630 g/mol. The lowest BCUT2D eigenvalue weighted by Gasteiger charge is -2.14. The highest BCUT2D eigenvalue weighted by Gasteiger charge is 2.16. The number of amides is 1. The lowest BCUT2D eigenvalue weighted by atomic mass is 10.1. The molecule has 4 rings (SSSR count). The fourth-order valence-corrected chi connectivity index (χ4v) is 4.28. The Morgan fingerprint density at radius 3 is 2.65 bits per heavy atom. The molecule has 0 saturated carbocycles. The van der Waals surface area contributed by atoms with Crippen LogP contribution in [0.25, 0.3) is 10.9 Å². The van der Waals surface area contributed by atoms with E-state index >= 15 is 0 Å². The van der Waals surface area contributed by atoms with Gasteiger partial charge in [0.15, 0.2) is 6.61 Å². The Balaban J connectivity index is 1.64. The van der Waals surface area contributed by atoms with Crippen molar-refractivity contribution in [1.82, 2.24) is 9.66 Å². The molecule has 0 saturated heterocycles. The molecule has 190 valence electrons. The van der Waals surface area contributed by atoms with E-state index in [4.69, 9.17) is 9.72 Å². The van der Waals surface area contributed by atoms with E-state index in [9.17, 15) is 14.0 Å². The van der Waals surface area contributed by atoms with Gasteiger partial charge in [0, 0.05) is 20.4 Å². The van der Waals surface area contributed by atoms with E-state index in [0.717, 1.165) is 15.4 Å². The standard InChI is InChI=1S/C27H23Br2FN4O3/c1-3-16(2)26-33-22-10-8-19(29)13-20(22)27(36)34(26)31-14-17-12-18(28)9-11-24(17)37-15-25(35)32-23-7-5-4-6-21(23)30/h4-14,16H,3,15H2,1-2H3,(H,32,35)/t16-/m1/s1. The predicted octanol–water partition coefficient (Wildman–Crippen LogP) is 6.47. The van der Waals surface area contributed by atoms with E-state index in [1.165, 1.54) is 29.1 Å². The number of nitrogens with zero attached hydrogens (tertiary/aromatic N) is 3. The number of carbonyl (C=O) groups excluding carboxylic acids is 1. The molecule has 0 bridgehead atoms. The number of fused-ring (bicyclic) bond motifs is 1. The van der Waals surface area contributed by atoms with Crippen LogP contribution in [-0.4, -0.2) is 28.4 Å². The monoisotopic (exact) mass is 628 g/mol. The van der Waals surface area contributed by atoms with Crippen LogP contribution in [0.3, 0.4) is 0 Å². The normalized spacial score (nSPS) is 12.1. The van der Waals surface area contributed by atoms with Crippen LogP contribution in [-0.2, 0) is 4.79 Å². The predicted molar refractivity (Wildman–Crippen MR) is 150 cm³/mol. The van der Waals surface area contributed by atoms with Crippen LogP contribution in [0.4, 0.5) is 10.1 Å². The zero-order chi connectivity index (χ0) is 26.5.